The largest absolute Gasteiger partial charge is 0.490 e. The number of allylic oxidation sites excluding steroid dienone is 2. The Morgan fingerprint density at radius 3 is 2.94 bits per heavy atom. The van der Waals surface area contributed by atoms with Crippen molar-refractivity contribution in [3.8, 4) is 5.75 Å². The van der Waals surface area contributed by atoms with Crippen molar-refractivity contribution < 1.29 is 9.47 Å². The molecule has 1 atom stereocenters. The zero-order valence-electron chi connectivity index (χ0n) is 11.3. The highest BCUT2D eigenvalue weighted by Gasteiger charge is 2.40. The Kier molecular flexibility index (Phi) is 4.43. The van der Waals surface area contributed by atoms with Crippen LogP contribution in [0.4, 0.5) is 0 Å². The summed E-state index contributed by atoms with van der Waals surface area (Å²) < 4.78 is 11.1. The Balaban J connectivity index is 1.84. The zero-order valence-corrected chi connectivity index (χ0v) is 11.3. The van der Waals surface area contributed by atoms with E-state index < -0.39 is 0 Å². The summed E-state index contributed by atoms with van der Waals surface area (Å²) in [6, 6.07) is 8.31. The second-order valence-corrected chi connectivity index (χ2v) is 5.14. The average Bonchev–Trinajstić information content (AvgIpc) is 3.12. The molecule has 98 valence electrons. The highest BCUT2D eigenvalue weighted by Crippen LogP contribution is 2.27. The van der Waals surface area contributed by atoms with Gasteiger partial charge in [-0.1, -0.05) is 37.6 Å². The highest BCUT2D eigenvalue weighted by atomic mass is 16.6. The van der Waals surface area contributed by atoms with Crippen LogP contribution in [-0.2, 0) is 11.2 Å². The molecular formula is C16H22O2. The summed E-state index contributed by atoms with van der Waals surface area (Å²) in [5, 5.41) is 0. The SMILES string of the molecule is CCC/C=C/Cc1cccc(OCC2(C)CO2)c1. The molecule has 0 bridgehead atoms. The second kappa shape index (κ2) is 6.05. The minimum atomic E-state index is -0.0446. The first-order chi connectivity index (χ1) is 8.72. The third kappa shape index (κ3) is 4.19. The number of hydrogen-bond donors (Lipinski definition) is 0. The minimum Gasteiger partial charge on any atom is -0.490 e. The smallest absolute Gasteiger partial charge is 0.123 e. The molecular weight excluding hydrogens is 224 g/mol. The van der Waals surface area contributed by atoms with E-state index in [1.54, 1.807) is 0 Å². The van der Waals surface area contributed by atoms with Crippen LogP contribution in [0.5, 0.6) is 5.75 Å². The van der Waals surface area contributed by atoms with Crippen LogP contribution in [0.1, 0.15) is 32.3 Å². The molecule has 0 aliphatic carbocycles. The van der Waals surface area contributed by atoms with Crippen LogP contribution >= 0.6 is 0 Å². The maximum absolute atomic E-state index is 5.75. The van der Waals surface area contributed by atoms with Crippen molar-refractivity contribution in [3.05, 3.63) is 42.0 Å². The van der Waals surface area contributed by atoms with Gasteiger partial charge in [-0.3, -0.25) is 0 Å². The summed E-state index contributed by atoms with van der Waals surface area (Å²) >= 11 is 0. The summed E-state index contributed by atoms with van der Waals surface area (Å²) in [5.74, 6) is 0.938. The van der Waals surface area contributed by atoms with Crippen molar-refractivity contribution >= 4 is 0 Å². The van der Waals surface area contributed by atoms with Crippen molar-refractivity contribution in [2.75, 3.05) is 13.2 Å². The summed E-state index contributed by atoms with van der Waals surface area (Å²) in [7, 11) is 0. The Bertz CT molecular complexity index is 405. The first-order valence-corrected chi connectivity index (χ1v) is 6.72. The first kappa shape index (κ1) is 13.2. The van der Waals surface area contributed by atoms with Crippen molar-refractivity contribution in [1.82, 2.24) is 0 Å². The van der Waals surface area contributed by atoms with Gasteiger partial charge in [0.05, 0.1) is 6.61 Å². The molecule has 2 nitrogen and oxygen atoms in total. The van der Waals surface area contributed by atoms with Crippen LogP contribution in [0.15, 0.2) is 36.4 Å². The maximum Gasteiger partial charge on any atom is 0.123 e. The van der Waals surface area contributed by atoms with E-state index in [0.717, 1.165) is 25.2 Å². The molecule has 1 saturated heterocycles. The fourth-order valence-electron chi connectivity index (χ4n) is 1.71. The molecule has 0 aromatic heterocycles. The minimum absolute atomic E-state index is 0.0446. The van der Waals surface area contributed by atoms with Gasteiger partial charge in [0.2, 0.25) is 0 Å². The standard InChI is InChI=1S/C16H22O2/c1-3-4-5-6-8-14-9-7-10-15(11-14)17-12-16(2)13-18-16/h5-7,9-11H,3-4,8,12-13H2,1-2H3/b6-5+. The van der Waals surface area contributed by atoms with Crippen LogP contribution in [0, 0.1) is 0 Å². The van der Waals surface area contributed by atoms with Crippen LogP contribution in [0.2, 0.25) is 0 Å². The molecule has 2 heteroatoms. The Morgan fingerprint density at radius 2 is 2.22 bits per heavy atom. The van der Waals surface area contributed by atoms with Crippen LogP contribution in [-0.4, -0.2) is 18.8 Å². The second-order valence-electron chi connectivity index (χ2n) is 5.14. The number of benzene rings is 1. The predicted octanol–water partition coefficient (Wildman–Crippen LogP) is 3.75. The highest BCUT2D eigenvalue weighted by molar-refractivity contribution is 5.30. The Labute approximate surface area is 110 Å². The van der Waals surface area contributed by atoms with E-state index in [0.29, 0.717) is 6.61 Å². The summed E-state index contributed by atoms with van der Waals surface area (Å²) in [6.45, 7) is 5.72. The molecule has 1 heterocycles. The van der Waals surface area contributed by atoms with Crippen LogP contribution in [0.25, 0.3) is 0 Å². The van der Waals surface area contributed by atoms with E-state index in [4.69, 9.17) is 9.47 Å². The third-order valence-electron chi connectivity index (χ3n) is 3.06. The molecule has 1 fully saturated rings. The van der Waals surface area contributed by atoms with E-state index in [9.17, 15) is 0 Å². The van der Waals surface area contributed by atoms with Gasteiger partial charge in [-0.25, -0.2) is 0 Å². The van der Waals surface area contributed by atoms with Crippen molar-refractivity contribution in [1.29, 1.82) is 0 Å². The molecule has 1 aromatic carbocycles. The lowest BCUT2D eigenvalue weighted by Crippen LogP contribution is -2.16. The van der Waals surface area contributed by atoms with Gasteiger partial charge in [0, 0.05) is 0 Å². The Morgan fingerprint density at radius 1 is 1.39 bits per heavy atom. The lowest BCUT2D eigenvalue weighted by molar-refractivity contribution is 0.202. The fourth-order valence-corrected chi connectivity index (χ4v) is 1.71. The van der Waals surface area contributed by atoms with Gasteiger partial charge >= 0.3 is 0 Å². The Hall–Kier alpha value is -1.28. The van der Waals surface area contributed by atoms with Crippen molar-refractivity contribution in [2.45, 2.75) is 38.7 Å². The fraction of sp³-hybridized carbons (Fsp3) is 0.500. The van der Waals surface area contributed by atoms with E-state index in [-0.39, 0.29) is 5.60 Å². The molecule has 1 unspecified atom stereocenters. The monoisotopic (exact) mass is 246 g/mol. The molecule has 0 saturated carbocycles. The van der Waals surface area contributed by atoms with E-state index in [1.165, 1.54) is 12.0 Å². The predicted molar refractivity (Wildman–Crippen MR) is 74.0 cm³/mol. The first-order valence-electron chi connectivity index (χ1n) is 6.72. The molecule has 18 heavy (non-hydrogen) atoms. The number of rotatable bonds is 7. The zero-order chi connectivity index (χ0) is 12.8. The summed E-state index contributed by atoms with van der Waals surface area (Å²) in [6.07, 6.45) is 7.82. The number of epoxide rings is 1. The van der Waals surface area contributed by atoms with Gasteiger partial charge in [-0.2, -0.15) is 0 Å². The van der Waals surface area contributed by atoms with Gasteiger partial charge in [0.15, 0.2) is 0 Å². The number of unbranched alkanes of at least 4 members (excludes halogenated alkanes) is 1. The number of hydrogen-bond acceptors (Lipinski definition) is 2. The van der Waals surface area contributed by atoms with Crippen LogP contribution in [0.3, 0.4) is 0 Å². The summed E-state index contributed by atoms with van der Waals surface area (Å²) in [5.41, 5.74) is 1.25. The third-order valence-corrected chi connectivity index (χ3v) is 3.06. The normalized spacial score (nSPS) is 22.3. The quantitative estimate of drug-likeness (QED) is 0.540. The average molecular weight is 246 g/mol. The van der Waals surface area contributed by atoms with Crippen molar-refractivity contribution in [3.63, 3.8) is 0 Å². The van der Waals surface area contributed by atoms with Gasteiger partial charge in [0.25, 0.3) is 0 Å². The molecule has 2 rings (SSSR count). The molecule has 0 N–H and O–H groups in total. The lowest BCUT2D eigenvalue weighted by atomic mass is 10.1. The van der Waals surface area contributed by atoms with Gasteiger partial charge < -0.3 is 9.47 Å². The lowest BCUT2D eigenvalue weighted by Gasteiger charge is -2.09. The molecule has 0 amide bonds. The maximum atomic E-state index is 5.75. The van der Waals surface area contributed by atoms with Crippen LogP contribution < -0.4 is 4.74 Å². The molecule has 1 aromatic rings. The summed E-state index contributed by atoms with van der Waals surface area (Å²) in [4.78, 5) is 0. The van der Waals surface area contributed by atoms with E-state index in [1.807, 2.05) is 6.07 Å². The van der Waals surface area contributed by atoms with E-state index in [2.05, 4.69) is 44.2 Å². The van der Waals surface area contributed by atoms with E-state index >= 15 is 0 Å². The van der Waals surface area contributed by atoms with Gasteiger partial charge in [-0.05, 0) is 37.5 Å². The molecule has 0 radical (unpaired) electrons. The number of ether oxygens (including phenoxy) is 2. The van der Waals surface area contributed by atoms with Gasteiger partial charge in [0.1, 0.15) is 18.0 Å². The molecule has 1 aliphatic heterocycles. The van der Waals surface area contributed by atoms with Gasteiger partial charge in [-0.15, -0.1) is 0 Å². The van der Waals surface area contributed by atoms with Crippen molar-refractivity contribution in [2.24, 2.45) is 0 Å². The molecule has 0 spiro atoms. The molecule has 1 aliphatic rings. The topological polar surface area (TPSA) is 21.8 Å².